The molecule has 2 heterocycles. The van der Waals surface area contributed by atoms with Crippen molar-refractivity contribution in [2.24, 2.45) is 0 Å². The number of benzene rings is 2. The Bertz CT molecular complexity index is 1110. The summed E-state index contributed by atoms with van der Waals surface area (Å²) in [7, 11) is 0. The van der Waals surface area contributed by atoms with Crippen LogP contribution in [-0.2, 0) is 9.59 Å². The van der Waals surface area contributed by atoms with E-state index in [0.29, 0.717) is 26.9 Å². The van der Waals surface area contributed by atoms with E-state index in [0.717, 1.165) is 0 Å². The van der Waals surface area contributed by atoms with Crippen LogP contribution in [-0.4, -0.2) is 21.8 Å². The van der Waals surface area contributed by atoms with Gasteiger partial charge in [-0.2, -0.15) is 0 Å². The monoisotopic (exact) mass is 424 g/mol. The third-order valence-electron chi connectivity index (χ3n) is 4.67. The molecule has 1 aromatic heterocycles. The minimum absolute atomic E-state index is 0.0107. The molecule has 1 saturated heterocycles. The zero-order chi connectivity index (χ0) is 20.5. The summed E-state index contributed by atoms with van der Waals surface area (Å²) in [5.41, 5.74) is 1.46. The molecule has 0 spiro atoms. The second-order valence-corrected chi connectivity index (χ2v) is 7.31. The number of aromatic nitrogens is 1. The molecular formula is C22H14Cl2N2O3. The summed E-state index contributed by atoms with van der Waals surface area (Å²) in [6, 6.07) is 15.7. The van der Waals surface area contributed by atoms with Gasteiger partial charge in [0.05, 0.1) is 23.5 Å². The van der Waals surface area contributed by atoms with Crippen LogP contribution in [0.3, 0.4) is 0 Å². The highest BCUT2D eigenvalue weighted by Crippen LogP contribution is 2.42. The molecule has 1 aliphatic rings. The van der Waals surface area contributed by atoms with Gasteiger partial charge in [-0.05, 0) is 54.1 Å². The first-order valence-corrected chi connectivity index (χ1v) is 9.45. The Morgan fingerprint density at radius 3 is 2.14 bits per heavy atom. The van der Waals surface area contributed by atoms with Crippen molar-refractivity contribution in [3.63, 3.8) is 0 Å². The molecule has 29 heavy (non-hydrogen) atoms. The molecule has 5 nitrogen and oxygen atoms in total. The number of Topliss-reactive ketones (excluding diaryl/α,β-unsaturated/α-hetero) is 1. The van der Waals surface area contributed by atoms with Crippen LogP contribution in [0, 0.1) is 0 Å². The van der Waals surface area contributed by atoms with Gasteiger partial charge in [0.2, 0.25) is 0 Å². The molecule has 3 aromatic rings. The van der Waals surface area contributed by atoms with Gasteiger partial charge in [0.25, 0.3) is 11.7 Å². The number of rotatable bonds is 3. The molecule has 1 unspecified atom stereocenters. The summed E-state index contributed by atoms with van der Waals surface area (Å²) in [4.78, 5) is 31.2. The van der Waals surface area contributed by atoms with E-state index in [9.17, 15) is 14.7 Å². The molecule has 2 aromatic carbocycles. The van der Waals surface area contributed by atoms with Crippen molar-refractivity contribution in [1.29, 1.82) is 0 Å². The number of ketones is 1. The second-order valence-electron chi connectivity index (χ2n) is 6.44. The Labute approximate surface area is 176 Å². The minimum atomic E-state index is -0.827. The predicted octanol–water partition coefficient (Wildman–Crippen LogP) is 5.01. The highest BCUT2D eigenvalue weighted by atomic mass is 35.5. The molecule has 1 fully saturated rings. The maximum atomic E-state index is 12.9. The molecule has 0 aliphatic carbocycles. The summed E-state index contributed by atoms with van der Waals surface area (Å²) in [5.74, 6) is -1.79. The first-order valence-electron chi connectivity index (χ1n) is 8.70. The first-order chi connectivity index (χ1) is 14.0. The smallest absolute Gasteiger partial charge is 0.300 e. The molecule has 1 N–H and O–H groups in total. The van der Waals surface area contributed by atoms with Crippen LogP contribution in [0.4, 0.5) is 5.69 Å². The fourth-order valence-corrected chi connectivity index (χ4v) is 3.57. The van der Waals surface area contributed by atoms with Crippen LogP contribution in [0.2, 0.25) is 10.0 Å². The van der Waals surface area contributed by atoms with Gasteiger partial charge in [-0.25, -0.2) is 0 Å². The highest BCUT2D eigenvalue weighted by molar-refractivity contribution is 6.51. The fraction of sp³-hybridized carbons (Fsp3) is 0.0455. The predicted molar refractivity (Wildman–Crippen MR) is 112 cm³/mol. The van der Waals surface area contributed by atoms with Gasteiger partial charge >= 0.3 is 0 Å². The lowest BCUT2D eigenvalue weighted by Crippen LogP contribution is -2.29. The van der Waals surface area contributed by atoms with Crippen molar-refractivity contribution in [2.45, 2.75) is 6.04 Å². The number of anilines is 1. The Balaban J connectivity index is 1.94. The van der Waals surface area contributed by atoms with E-state index in [-0.39, 0.29) is 11.3 Å². The Hall–Kier alpha value is -3.15. The van der Waals surface area contributed by atoms with E-state index < -0.39 is 17.7 Å². The summed E-state index contributed by atoms with van der Waals surface area (Å²) in [5, 5.41) is 12.0. The van der Waals surface area contributed by atoms with Crippen molar-refractivity contribution in [2.75, 3.05) is 4.90 Å². The number of carbonyl (C=O) groups excluding carboxylic acids is 2. The zero-order valence-corrected chi connectivity index (χ0v) is 16.4. The van der Waals surface area contributed by atoms with Gasteiger partial charge < -0.3 is 5.11 Å². The molecule has 144 valence electrons. The lowest BCUT2D eigenvalue weighted by atomic mass is 9.95. The fourth-order valence-electron chi connectivity index (χ4n) is 3.32. The number of amides is 1. The first kappa shape index (κ1) is 19.2. The normalized spacial score (nSPS) is 18.3. The third-order valence-corrected chi connectivity index (χ3v) is 5.18. The molecule has 1 aliphatic heterocycles. The van der Waals surface area contributed by atoms with Gasteiger partial charge in [0.15, 0.2) is 0 Å². The van der Waals surface area contributed by atoms with Crippen molar-refractivity contribution in [3.05, 3.63) is 99.8 Å². The number of pyridine rings is 1. The molecule has 0 saturated carbocycles. The van der Waals surface area contributed by atoms with Gasteiger partial charge in [0, 0.05) is 21.8 Å². The summed E-state index contributed by atoms with van der Waals surface area (Å²) >= 11 is 11.9. The molecule has 1 amide bonds. The van der Waals surface area contributed by atoms with Crippen molar-refractivity contribution in [1.82, 2.24) is 4.98 Å². The number of carbonyl (C=O) groups is 2. The maximum absolute atomic E-state index is 12.9. The Kier molecular flexibility index (Phi) is 5.09. The number of hydrogen-bond acceptors (Lipinski definition) is 4. The molecule has 7 heteroatoms. The Morgan fingerprint density at radius 2 is 1.55 bits per heavy atom. The minimum Gasteiger partial charge on any atom is -0.507 e. The number of nitrogens with zero attached hydrogens (tertiary/aromatic N) is 2. The molecule has 0 bridgehead atoms. The van der Waals surface area contributed by atoms with Crippen LogP contribution in [0.15, 0.2) is 78.6 Å². The number of hydrogen-bond donors (Lipinski definition) is 1. The Morgan fingerprint density at radius 1 is 0.931 bits per heavy atom. The molecular weight excluding hydrogens is 411 g/mol. The van der Waals surface area contributed by atoms with Crippen LogP contribution in [0.25, 0.3) is 5.76 Å². The van der Waals surface area contributed by atoms with Gasteiger partial charge in [0.1, 0.15) is 5.76 Å². The zero-order valence-electron chi connectivity index (χ0n) is 14.9. The lowest BCUT2D eigenvalue weighted by Gasteiger charge is -2.25. The van der Waals surface area contributed by atoms with Crippen molar-refractivity contribution < 1.29 is 14.7 Å². The van der Waals surface area contributed by atoms with Crippen LogP contribution < -0.4 is 4.90 Å². The second kappa shape index (κ2) is 7.70. The summed E-state index contributed by atoms with van der Waals surface area (Å²) < 4.78 is 0. The highest BCUT2D eigenvalue weighted by Gasteiger charge is 2.47. The van der Waals surface area contributed by atoms with E-state index >= 15 is 0 Å². The third kappa shape index (κ3) is 3.50. The van der Waals surface area contributed by atoms with Gasteiger partial charge in [-0.1, -0.05) is 35.3 Å². The van der Waals surface area contributed by atoms with E-state index in [2.05, 4.69) is 4.98 Å². The molecule has 0 radical (unpaired) electrons. The summed E-state index contributed by atoms with van der Waals surface area (Å²) in [6.07, 6.45) is 3.07. The van der Waals surface area contributed by atoms with Crippen LogP contribution >= 0.6 is 23.2 Å². The van der Waals surface area contributed by atoms with E-state index in [1.54, 1.807) is 66.9 Å². The van der Waals surface area contributed by atoms with Crippen molar-refractivity contribution >= 4 is 46.3 Å². The van der Waals surface area contributed by atoms with Gasteiger partial charge in [-0.15, -0.1) is 0 Å². The number of aliphatic hydroxyl groups is 1. The average molecular weight is 425 g/mol. The van der Waals surface area contributed by atoms with Crippen molar-refractivity contribution in [3.8, 4) is 0 Å². The van der Waals surface area contributed by atoms with Gasteiger partial charge in [-0.3, -0.25) is 19.5 Å². The van der Waals surface area contributed by atoms with Crippen LogP contribution in [0.5, 0.6) is 0 Å². The quantitative estimate of drug-likeness (QED) is 0.364. The van der Waals surface area contributed by atoms with E-state index in [1.165, 1.54) is 11.1 Å². The maximum Gasteiger partial charge on any atom is 0.300 e. The molecule has 1 atom stereocenters. The van der Waals surface area contributed by atoms with Crippen LogP contribution in [0.1, 0.15) is 17.2 Å². The topological polar surface area (TPSA) is 70.5 Å². The van der Waals surface area contributed by atoms with E-state index in [1.807, 2.05) is 0 Å². The summed E-state index contributed by atoms with van der Waals surface area (Å²) in [6.45, 7) is 0. The number of aliphatic hydroxyl groups excluding tert-OH is 1. The lowest BCUT2D eigenvalue weighted by molar-refractivity contribution is -0.132. The standard InChI is InChI=1S/C22H14Cl2N2O3/c23-15-7-3-13(4-8-15)19-18(20(27)14-5-9-16(24)10-6-14)21(28)22(29)26(19)17-2-1-11-25-12-17/h1-12,19,27H/b20-18+. The van der Waals surface area contributed by atoms with E-state index in [4.69, 9.17) is 23.2 Å². The molecule has 4 rings (SSSR count). The largest absolute Gasteiger partial charge is 0.507 e. The number of halogens is 2. The average Bonchev–Trinajstić information content (AvgIpc) is 3.00. The SMILES string of the molecule is O=C1C(=O)N(c2cccnc2)C(c2ccc(Cl)cc2)/C1=C(\O)c1ccc(Cl)cc1.